The zero-order valence-electron chi connectivity index (χ0n) is 15.2. The van der Waals surface area contributed by atoms with Gasteiger partial charge in [0.15, 0.2) is 0 Å². The number of esters is 1. The van der Waals surface area contributed by atoms with Crippen molar-refractivity contribution in [2.45, 2.75) is 76.9 Å². The molecule has 0 atom stereocenters. The van der Waals surface area contributed by atoms with E-state index in [9.17, 15) is 9.59 Å². The maximum atomic E-state index is 12.8. The quantitative estimate of drug-likeness (QED) is 0.765. The molecule has 0 bridgehead atoms. The van der Waals surface area contributed by atoms with Gasteiger partial charge in [0.1, 0.15) is 11.9 Å². The van der Waals surface area contributed by atoms with Crippen LogP contribution in [0.15, 0.2) is 23.0 Å². The van der Waals surface area contributed by atoms with Crippen LogP contribution in [0.4, 0.5) is 0 Å². The Morgan fingerprint density at radius 1 is 1.04 bits per heavy atom. The summed E-state index contributed by atoms with van der Waals surface area (Å²) in [6.45, 7) is 0.739. The molecule has 0 N–H and O–H groups in total. The Morgan fingerprint density at radius 3 is 2.65 bits per heavy atom. The Labute approximate surface area is 153 Å². The van der Waals surface area contributed by atoms with Gasteiger partial charge in [-0.1, -0.05) is 19.3 Å². The second-order valence-electron chi connectivity index (χ2n) is 7.55. The molecule has 4 rings (SSSR count). The van der Waals surface area contributed by atoms with Gasteiger partial charge in [0.25, 0.3) is 5.56 Å². The Bertz CT molecular complexity index is 865. The average molecular weight is 354 g/mol. The van der Waals surface area contributed by atoms with Crippen molar-refractivity contribution in [3.8, 4) is 0 Å². The van der Waals surface area contributed by atoms with Gasteiger partial charge in [-0.05, 0) is 56.7 Å². The molecule has 2 aliphatic rings. The Balaban J connectivity index is 1.64. The summed E-state index contributed by atoms with van der Waals surface area (Å²) in [7, 11) is 0. The number of carbonyl (C=O) groups excluding carboxylic acids is 1. The molecule has 1 aromatic carbocycles. The number of fused-ring (bicyclic) bond motifs is 2. The van der Waals surface area contributed by atoms with E-state index in [0.29, 0.717) is 16.5 Å². The molecule has 1 fully saturated rings. The van der Waals surface area contributed by atoms with Crippen LogP contribution >= 0.6 is 0 Å². The smallest absolute Gasteiger partial charge is 0.338 e. The fourth-order valence-electron chi connectivity index (χ4n) is 4.12. The Hall–Kier alpha value is -2.17. The Kier molecular flexibility index (Phi) is 5.05. The lowest BCUT2D eigenvalue weighted by Gasteiger charge is -2.22. The minimum absolute atomic E-state index is 0.0131. The van der Waals surface area contributed by atoms with Gasteiger partial charge in [-0.2, -0.15) is 0 Å². The summed E-state index contributed by atoms with van der Waals surface area (Å²) >= 11 is 0. The highest BCUT2D eigenvalue weighted by Gasteiger charge is 2.20. The van der Waals surface area contributed by atoms with Crippen LogP contribution in [0.2, 0.25) is 0 Å². The van der Waals surface area contributed by atoms with Gasteiger partial charge >= 0.3 is 5.97 Å². The van der Waals surface area contributed by atoms with Crippen molar-refractivity contribution >= 4 is 16.9 Å². The lowest BCUT2D eigenvalue weighted by atomic mass is 9.98. The first-order valence-electron chi connectivity index (χ1n) is 9.97. The van der Waals surface area contributed by atoms with Gasteiger partial charge in [-0.3, -0.25) is 9.36 Å². The standard InChI is InChI=1S/C21H26N2O3/c24-20-17-12-11-15(21(25)26-16-8-4-3-5-9-16)14-18(17)22-19-10-6-1-2-7-13-23(19)20/h11-12,14,16H,1-10,13H2. The molecule has 2 heterocycles. The molecular weight excluding hydrogens is 328 g/mol. The highest BCUT2D eigenvalue weighted by Crippen LogP contribution is 2.22. The van der Waals surface area contributed by atoms with E-state index in [-0.39, 0.29) is 17.6 Å². The first kappa shape index (κ1) is 17.3. The summed E-state index contributed by atoms with van der Waals surface area (Å²) in [6, 6.07) is 5.15. The number of benzene rings is 1. The van der Waals surface area contributed by atoms with Crippen molar-refractivity contribution in [1.82, 2.24) is 9.55 Å². The highest BCUT2D eigenvalue weighted by molar-refractivity contribution is 5.94. The van der Waals surface area contributed by atoms with Crippen molar-refractivity contribution in [3.63, 3.8) is 0 Å². The maximum Gasteiger partial charge on any atom is 0.338 e. The van der Waals surface area contributed by atoms with Crippen LogP contribution in [-0.4, -0.2) is 21.6 Å². The van der Waals surface area contributed by atoms with Crippen molar-refractivity contribution in [2.24, 2.45) is 0 Å². The van der Waals surface area contributed by atoms with Crippen molar-refractivity contribution < 1.29 is 9.53 Å². The van der Waals surface area contributed by atoms with Gasteiger partial charge in [0, 0.05) is 13.0 Å². The molecule has 0 spiro atoms. The van der Waals surface area contributed by atoms with Crippen LogP contribution in [0.1, 0.15) is 74.0 Å². The minimum Gasteiger partial charge on any atom is -0.459 e. The first-order valence-corrected chi connectivity index (χ1v) is 9.97. The van der Waals surface area contributed by atoms with Gasteiger partial charge in [0.05, 0.1) is 16.5 Å². The molecule has 5 nitrogen and oxygen atoms in total. The van der Waals surface area contributed by atoms with E-state index in [0.717, 1.165) is 63.7 Å². The molecule has 2 aromatic rings. The molecule has 0 unspecified atom stereocenters. The second-order valence-corrected chi connectivity index (χ2v) is 7.55. The number of aryl methyl sites for hydroxylation is 1. The predicted octanol–water partition coefficient (Wildman–Crippen LogP) is 4.00. The monoisotopic (exact) mass is 354 g/mol. The minimum atomic E-state index is -0.299. The fourth-order valence-corrected chi connectivity index (χ4v) is 4.12. The lowest BCUT2D eigenvalue weighted by molar-refractivity contribution is 0.0211. The maximum absolute atomic E-state index is 12.8. The molecular formula is C21H26N2O3. The molecule has 1 aliphatic heterocycles. The van der Waals surface area contributed by atoms with E-state index in [4.69, 9.17) is 9.72 Å². The molecule has 138 valence electrons. The molecule has 26 heavy (non-hydrogen) atoms. The molecule has 0 radical (unpaired) electrons. The summed E-state index contributed by atoms with van der Waals surface area (Å²) in [5.74, 6) is 0.549. The highest BCUT2D eigenvalue weighted by atomic mass is 16.5. The number of nitrogens with zero attached hydrogens (tertiary/aromatic N) is 2. The number of hydrogen-bond donors (Lipinski definition) is 0. The first-order chi connectivity index (χ1) is 12.7. The summed E-state index contributed by atoms with van der Waals surface area (Å²) in [5.41, 5.74) is 1.12. The molecule has 5 heteroatoms. The number of carbonyl (C=O) groups is 1. The van der Waals surface area contributed by atoms with Crippen molar-refractivity contribution in [1.29, 1.82) is 0 Å². The summed E-state index contributed by atoms with van der Waals surface area (Å²) in [4.78, 5) is 30.1. The van der Waals surface area contributed by atoms with Crippen LogP contribution in [-0.2, 0) is 17.7 Å². The number of aromatic nitrogens is 2. The van der Waals surface area contributed by atoms with E-state index in [1.807, 2.05) is 4.57 Å². The van der Waals surface area contributed by atoms with E-state index in [1.165, 1.54) is 12.8 Å². The normalized spacial score (nSPS) is 18.8. The van der Waals surface area contributed by atoms with Gasteiger partial charge in [0.2, 0.25) is 0 Å². The van der Waals surface area contributed by atoms with E-state index in [2.05, 4.69) is 0 Å². The third-order valence-corrected chi connectivity index (χ3v) is 5.63. The van der Waals surface area contributed by atoms with Crippen LogP contribution in [0, 0.1) is 0 Å². The second kappa shape index (κ2) is 7.60. The number of ether oxygens (including phenoxy) is 1. The SMILES string of the molecule is O=C(OC1CCCCC1)c1ccc2c(=O)n3c(nc2c1)CCCCCC3. The van der Waals surface area contributed by atoms with Crippen molar-refractivity contribution in [3.05, 3.63) is 39.9 Å². The molecule has 0 saturated heterocycles. The van der Waals surface area contributed by atoms with Gasteiger partial charge in [-0.15, -0.1) is 0 Å². The topological polar surface area (TPSA) is 61.2 Å². The Morgan fingerprint density at radius 2 is 1.81 bits per heavy atom. The lowest BCUT2D eigenvalue weighted by Crippen LogP contribution is -2.27. The molecule has 0 amide bonds. The van der Waals surface area contributed by atoms with E-state index < -0.39 is 0 Å². The van der Waals surface area contributed by atoms with E-state index in [1.54, 1.807) is 18.2 Å². The van der Waals surface area contributed by atoms with E-state index >= 15 is 0 Å². The zero-order chi connectivity index (χ0) is 17.9. The summed E-state index contributed by atoms with van der Waals surface area (Å²) in [6.07, 6.45) is 10.6. The number of rotatable bonds is 2. The largest absolute Gasteiger partial charge is 0.459 e. The van der Waals surface area contributed by atoms with Crippen LogP contribution < -0.4 is 5.56 Å². The third-order valence-electron chi connectivity index (χ3n) is 5.63. The van der Waals surface area contributed by atoms with Crippen LogP contribution in [0.25, 0.3) is 10.9 Å². The summed E-state index contributed by atoms with van der Waals surface area (Å²) < 4.78 is 7.48. The predicted molar refractivity (Wildman–Crippen MR) is 100 cm³/mol. The van der Waals surface area contributed by atoms with Crippen molar-refractivity contribution in [2.75, 3.05) is 0 Å². The van der Waals surface area contributed by atoms with Crippen LogP contribution in [0.3, 0.4) is 0 Å². The molecule has 1 aliphatic carbocycles. The van der Waals surface area contributed by atoms with Gasteiger partial charge in [-0.25, -0.2) is 9.78 Å². The fraction of sp³-hybridized carbons (Fsp3) is 0.571. The summed E-state index contributed by atoms with van der Waals surface area (Å²) in [5, 5.41) is 0.587. The average Bonchev–Trinajstić information content (AvgIpc) is 2.64. The third kappa shape index (κ3) is 3.53. The zero-order valence-corrected chi connectivity index (χ0v) is 15.2. The van der Waals surface area contributed by atoms with Gasteiger partial charge < -0.3 is 4.74 Å². The molecule has 1 saturated carbocycles. The van der Waals surface area contributed by atoms with Crippen LogP contribution in [0.5, 0.6) is 0 Å². The number of hydrogen-bond acceptors (Lipinski definition) is 4. The molecule has 1 aromatic heterocycles.